The molecule has 0 fully saturated rings. The monoisotopic (exact) mass is 385 g/mol. The number of carbonyl (C=O) groups is 1. The maximum absolute atomic E-state index is 12.8. The Hall–Kier alpha value is -4.07. The van der Waals surface area contributed by atoms with Gasteiger partial charge in [0.1, 0.15) is 11.5 Å². The van der Waals surface area contributed by atoms with Gasteiger partial charge < -0.3 is 10.6 Å². The van der Waals surface area contributed by atoms with Crippen LogP contribution in [-0.4, -0.2) is 30.6 Å². The molecule has 0 aliphatic carbocycles. The van der Waals surface area contributed by atoms with Gasteiger partial charge in [0.25, 0.3) is 5.91 Å². The summed E-state index contributed by atoms with van der Waals surface area (Å²) in [6, 6.07) is 15.1. The number of anilines is 3. The second kappa shape index (κ2) is 8.30. The lowest BCUT2D eigenvalue weighted by Crippen LogP contribution is -2.16. The molecule has 1 aromatic carbocycles. The molecule has 0 bridgehead atoms. The van der Waals surface area contributed by atoms with Crippen LogP contribution in [0.25, 0.3) is 11.1 Å². The van der Waals surface area contributed by atoms with Crippen LogP contribution in [0.15, 0.2) is 73.3 Å². The molecule has 8 heteroatoms. The van der Waals surface area contributed by atoms with E-state index in [0.717, 1.165) is 16.9 Å². The van der Waals surface area contributed by atoms with Crippen LogP contribution in [0.5, 0.6) is 0 Å². The topological polar surface area (TPSA) is 97.6 Å². The third kappa shape index (κ3) is 4.11. The predicted octanol–water partition coefficient (Wildman–Crippen LogP) is 3.75. The molecule has 29 heavy (non-hydrogen) atoms. The number of hydrogen-bond donors (Lipinski definition) is 2. The largest absolute Gasteiger partial charge is 0.319 e. The Labute approximate surface area is 167 Å². The molecule has 0 radical (unpaired) electrons. The molecule has 4 rings (SSSR count). The molecule has 0 spiro atoms. The Morgan fingerprint density at radius 1 is 1.03 bits per heavy atom. The Balaban J connectivity index is 1.56. The zero-order chi connectivity index (χ0) is 20.1. The zero-order valence-corrected chi connectivity index (χ0v) is 15.8. The summed E-state index contributed by atoms with van der Waals surface area (Å²) in [5, 5.41) is 10.2. The molecule has 3 aromatic heterocycles. The molecule has 0 saturated carbocycles. The maximum Gasteiger partial charge on any atom is 0.274 e. The van der Waals surface area contributed by atoms with Crippen LogP contribution in [0.4, 0.5) is 17.5 Å². The summed E-state index contributed by atoms with van der Waals surface area (Å²) in [4.78, 5) is 25.4. The van der Waals surface area contributed by atoms with Crippen molar-refractivity contribution in [1.82, 2.24) is 24.7 Å². The van der Waals surface area contributed by atoms with Gasteiger partial charge in [-0.1, -0.05) is 30.3 Å². The average molecular weight is 385 g/mol. The summed E-state index contributed by atoms with van der Waals surface area (Å²) < 4.78 is 1.78. The van der Waals surface area contributed by atoms with Crippen molar-refractivity contribution < 1.29 is 4.79 Å². The lowest BCUT2D eigenvalue weighted by molar-refractivity contribution is 0.102. The number of benzene rings is 1. The number of aromatic nitrogens is 5. The van der Waals surface area contributed by atoms with E-state index in [2.05, 4.69) is 30.7 Å². The van der Waals surface area contributed by atoms with Crippen LogP contribution in [0.2, 0.25) is 0 Å². The SMILES string of the molecule is CCn1nccc1Nc1nccc(C(=O)Nc2cnccc2-c2ccccc2)n1. The summed E-state index contributed by atoms with van der Waals surface area (Å²) >= 11 is 0. The van der Waals surface area contributed by atoms with Gasteiger partial charge in [0.15, 0.2) is 0 Å². The van der Waals surface area contributed by atoms with E-state index in [0.29, 0.717) is 18.2 Å². The molecule has 0 aliphatic rings. The highest BCUT2D eigenvalue weighted by atomic mass is 16.1. The second-order valence-electron chi connectivity index (χ2n) is 6.16. The fourth-order valence-corrected chi connectivity index (χ4v) is 2.90. The number of amides is 1. The fourth-order valence-electron chi connectivity index (χ4n) is 2.90. The predicted molar refractivity (Wildman–Crippen MR) is 111 cm³/mol. The number of nitrogens with zero attached hydrogens (tertiary/aromatic N) is 5. The van der Waals surface area contributed by atoms with Crippen molar-refractivity contribution in [2.24, 2.45) is 0 Å². The van der Waals surface area contributed by atoms with Gasteiger partial charge in [-0.05, 0) is 24.6 Å². The Kier molecular flexibility index (Phi) is 5.24. The average Bonchev–Trinajstić information content (AvgIpc) is 3.22. The minimum absolute atomic E-state index is 0.243. The van der Waals surface area contributed by atoms with E-state index in [1.807, 2.05) is 49.4 Å². The number of aryl methyl sites for hydroxylation is 1. The van der Waals surface area contributed by atoms with Crippen LogP contribution < -0.4 is 10.6 Å². The van der Waals surface area contributed by atoms with Gasteiger partial charge in [-0.2, -0.15) is 5.10 Å². The van der Waals surface area contributed by atoms with Crippen molar-refractivity contribution in [3.8, 4) is 11.1 Å². The Bertz CT molecular complexity index is 1120. The van der Waals surface area contributed by atoms with E-state index >= 15 is 0 Å². The molecule has 0 saturated heterocycles. The first kappa shape index (κ1) is 18.3. The van der Waals surface area contributed by atoms with Crippen molar-refractivity contribution in [2.75, 3.05) is 10.6 Å². The van der Waals surface area contributed by atoms with E-state index in [1.165, 1.54) is 6.20 Å². The first-order valence-electron chi connectivity index (χ1n) is 9.17. The number of rotatable bonds is 6. The molecule has 0 atom stereocenters. The van der Waals surface area contributed by atoms with Crippen molar-refractivity contribution in [1.29, 1.82) is 0 Å². The van der Waals surface area contributed by atoms with Crippen molar-refractivity contribution in [3.63, 3.8) is 0 Å². The quantitative estimate of drug-likeness (QED) is 0.525. The van der Waals surface area contributed by atoms with Gasteiger partial charge in [0.2, 0.25) is 5.95 Å². The van der Waals surface area contributed by atoms with Crippen LogP contribution in [0.3, 0.4) is 0 Å². The molecule has 4 aromatic rings. The van der Waals surface area contributed by atoms with Crippen LogP contribution in [0.1, 0.15) is 17.4 Å². The van der Waals surface area contributed by atoms with E-state index in [-0.39, 0.29) is 11.6 Å². The highest BCUT2D eigenvalue weighted by Gasteiger charge is 2.13. The van der Waals surface area contributed by atoms with Crippen LogP contribution >= 0.6 is 0 Å². The van der Waals surface area contributed by atoms with Gasteiger partial charge in [-0.3, -0.25) is 9.78 Å². The molecule has 144 valence electrons. The number of nitrogens with one attached hydrogen (secondary N) is 2. The van der Waals surface area contributed by atoms with Gasteiger partial charge in [-0.15, -0.1) is 0 Å². The van der Waals surface area contributed by atoms with E-state index < -0.39 is 0 Å². The lowest BCUT2D eigenvalue weighted by atomic mass is 10.1. The normalized spacial score (nSPS) is 10.5. The molecule has 3 heterocycles. The van der Waals surface area contributed by atoms with Gasteiger partial charge in [0, 0.05) is 30.6 Å². The molecule has 0 unspecified atom stereocenters. The van der Waals surface area contributed by atoms with E-state index in [9.17, 15) is 4.79 Å². The third-order valence-electron chi connectivity index (χ3n) is 4.30. The Morgan fingerprint density at radius 3 is 2.72 bits per heavy atom. The molecule has 2 N–H and O–H groups in total. The molecular weight excluding hydrogens is 366 g/mol. The van der Waals surface area contributed by atoms with Crippen molar-refractivity contribution in [2.45, 2.75) is 13.5 Å². The minimum Gasteiger partial charge on any atom is -0.319 e. The maximum atomic E-state index is 12.8. The molecule has 1 amide bonds. The first-order chi connectivity index (χ1) is 14.2. The van der Waals surface area contributed by atoms with Crippen molar-refractivity contribution >= 4 is 23.4 Å². The highest BCUT2D eigenvalue weighted by Crippen LogP contribution is 2.27. The minimum atomic E-state index is -0.343. The van der Waals surface area contributed by atoms with Crippen LogP contribution in [-0.2, 0) is 6.54 Å². The van der Waals surface area contributed by atoms with Gasteiger partial charge in [-0.25, -0.2) is 14.6 Å². The molecule has 8 nitrogen and oxygen atoms in total. The lowest BCUT2D eigenvalue weighted by Gasteiger charge is -2.11. The highest BCUT2D eigenvalue weighted by molar-refractivity contribution is 6.05. The smallest absolute Gasteiger partial charge is 0.274 e. The standard InChI is InChI=1S/C21H19N7O/c1-2-28-19(10-13-24-28)27-21-23-12-9-17(26-21)20(29)25-18-14-22-11-8-16(18)15-6-4-3-5-7-15/h3-14H,2H2,1H3,(H,25,29)(H,23,26,27). The summed E-state index contributed by atoms with van der Waals surface area (Å²) in [5.74, 6) is 0.732. The second-order valence-corrected chi connectivity index (χ2v) is 6.16. The summed E-state index contributed by atoms with van der Waals surface area (Å²) in [5.41, 5.74) is 2.73. The molecular formula is C21H19N7O. The first-order valence-corrected chi connectivity index (χ1v) is 9.17. The van der Waals surface area contributed by atoms with E-state index in [1.54, 1.807) is 29.3 Å². The summed E-state index contributed by atoms with van der Waals surface area (Å²) in [6.07, 6.45) is 6.55. The van der Waals surface area contributed by atoms with Gasteiger partial charge >= 0.3 is 0 Å². The number of carbonyl (C=O) groups excluding carboxylic acids is 1. The third-order valence-corrected chi connectivity index (χ3v) is 4.30. The number of pyridine rings is 1. The number of hydrogen-bond acceptors (Lipinski definition) is 6. The fraction of sp³-hybridized carbons (Fsp3) is 0.0952. The molecule has 0 aliphatic heterocycles. The van der Waals surface area contributed by atoms with Crippen molar-refractivity contribution in [3.05, 3.63) is 79.0 Å². The van der Waals surface area contributed by atoms with Crippen LogP contribution in [0, 0.1) is 0 Å². The van der Waals surface area contributed by atoms with Gasteiger partial charge in [0.05, 0.1) is 18.1 Å². The zero-order valence-electron chi connectivity index (χ0n) is 15.8. The summed E-state index contributed by atoms with van der Waals surface area (Å²) in [6.45, 7) is 2.69. The summed E-state index contributed by atoms with van der Waals surface area (Å²) in [7, 11) is 0. The Morgan fingerprint density at radius 2 is 1.90 bits per heavy atom. The van der Waals surface area contributed by atoms with E-state index in [4.69, 9.17) is 0 Å².